The Morgan fingerprint density at radius 1 is 1.64 bits per heavy atom. The predicted molar refractivity (Wildman–Crippen MR) is 60.2 cm³/mol. The van der Waals surface area contributed by atoms with Crippen molar-refractivity contribution < 1.29 is 4.79 Å². The minimum atomic E-state index is 0.815. The molecule has 2 nitrogen and oxygen atoms in total. The topological polar surface area (TPSA) is 20.3 Å². The van der Waals surface area contributed by atoms with Gasteiger partial charge in [-0.1, -0.05) is 6.92 Å². The van der Waals surface area contributed by atoms with E-state index < -0.39 is 0 Å². The molecule has 1 aromatic heterocycles. The summed E-state index contributed by atoms with van der Waals surface area (Å²) >= 11 is 1.57. The summed E-state index contributed by atoms with van der Waals surface area (Å²) in [6.07, 6.45) is 2.28. The zero-order valence-electron chi connectivity index (χ0n) is 8.56. The first kappa shape index (κ1) is 9.71. The lowest BCUT2D eigenvalue weighted by molar-refractivity contribution is 0.112. The first-order valence-electron chi connectivity index (χ1n) is 4.97. The molecule has 2 atom stereocenters. The minimum absolute atomic E-state index is 0.815. The van der Waals surface area contributed by atoms with Crippen molar-refractivity contribution in [3.05, 3.63) is 17.0 Å². The molecule has 0 radical (unpaired) electrons. The number of hydrogen-bond acceptors (Lipinski definition) is 3. The molecule has 2 rings (SSSR count). The number of carbonyl (C=O) groups is 1. The van der Waals surface area contributed by atoms with Crippen LogP contribution >= 0.6 is 11.3 Å². The Hall–Kier alpha value is -0.830. The van der Waals surface area contributed by atoms with Gasteiger partial charge >= 0.3 is 0 Å². The fraction of sp³-hybridized carbons (Fsp3) is 0.545. The zero-order chi connectivity index (χ0) is 10.1. The third-order valence-corrected chi connectivity index (χ3v) is 4.01. The van der Waals surface area contributed by atoms with Crippen molar-refractivity contribution >= 4 is 22.6 Å². The monoisotopic (exact) mass is 209 g/mol. The molecule has 1 heterocycles. The molecule has 1 aromatic rings. The second-order valence-corrected chi connectivity index (χ2v) is 5.24. The van der Waals surface area contributed by atoms with Crippen molar-refractivity contribution in [1.82, 2.24) is 0 Å². The molecule has 3 heteroatoms. The summed E-state index contributed by atoms with van der Waals surface area (Å²) in [5.41, 5.74) is 0. The minimum Gasteiger partial charge on any atom is -0.366 e. The van der Waals surface area contributed by atoms with E-state index in [1.807, 2.05) is 12.1 Å². The van der Waals surface area contributed by atoms with E-state index in [1.54, 1.807) is 11.3 Å². The van der Waals surface area contributed by atoms with Crippen LogP contribution in [0.3, 0.4) is 0 Å². The Balaban J connectivity index is 1.96. The van der Waals surface area contributed by atoms with Gasteiger partial charge in [0.25, 0.3) is 0 Å². The molecule has 1 fully saturated rings. The van der Waals surface area contributed by atoms with Crippen LogP contribution < -0.4 is 4.90 Å². The molecule has 14 heavy (non-hydrogen) atoms. The Bertz CT molecular complexity index is 334. The normalized spacial score (nSPS) is 24.7. The van der Waals surface area contributed by atoms with E-state index in [0.29, 0.717) is 0 Å². The number of anilines is 1. The Labute approximate surface area is 88.5 Å². The molecule has 0 spiro atoms. The molecule has 0 aliphatic heterocycles. The predicted octanol–water partition coefficient (Wildman–Crippen LogP) is 2.65. The van der Waals surface area contributed by atoms with Crippen molar-refractivity contribution in [3.63, 3.8) is 0 Å². The van der Waals surface area contributed by atoms with Crippen molar-refractivity contribution in [1.29, 1.82) is 0 Å². The van der Waals surface area contributed by atoms with Crippen molar-refractivity contribution in [2.75, 3.05) is 18.5 Å². The van der Waals surface area contributed by atoms with Crippen LogP contribution in [-0.2, 0) is 0 Å². The molecule has 0 aromatic carbocycles. The molecule has 0 N–H and O–H groups in total. The number of rotatable bonds is 4. The van der Waals surface area contributed by atoms with Crippen LogP contribution in [0.15, 0.2) is 12.1 Å². The quantitative estimate of drug-likeness (QED) is 0.710. The third-order valence-electron chi connectivity index (χ3n) is 2.89. The average Bonchev–Trinajstić information content (AvgIpc) is 2.72. The van der Waals surface area contributed by atoms with Crippen LogP contribution in [0, 0.1) is 11.8 Å². The van der Waals surface area contributed by atoms with Gasteiger partial charge in [0.15, 0.2) is 6.29 Å². The van der Waals surface area contributed by atoms with Gasteiger partial charge in [-0.3, -0.25) is 4.79 Å². The summed E-state index contributed by atoms with van der Waals surface area (Å²) < 4.78 is 0. The zero-order valence-corrected chi connectivity index (χ0v) is 9.38. The SMILES string of the molecule is CC1CC1CN(C)c1ccc(C=O)s1. The fourth-order valence-electron chi connectivity index (χ4n) is 1.71. The van der Waals surface area contributed by atoms with Gasteiger partial charge in [-0.25, -0.2) is 0 Å². The van der Waals surface area contributed by atoms with Gasteiger partial charge in [-0.2, -0.15) is 0 Å². The summed E-state index contributed by atoms with van der Waals surface area (Å²) in [5, 5.41) is 1.20. The number of hydrogen-bond donors (Lipinski definition) is 0. The van der Waals surface area contributed by atoms with E-state index in [9.17, 15) is 4.79 Å². The number of carbonyl (C=O) groups excluding carboxylic acids is 1. The second-order valence-electron chi connectivity index (χ2n) is 4.15. The second kappa shape index (κ2) is 3.73. The lowest BCUT2D eigenvalue weighted by Crippen LogP contribution is -2.19. The third kappa shape index (κ3) is 1.98. The lowest BCUT2D eigenvalue weighted by atomic mass is 10.3. The Kier molecular flexibility index (Phi) is 2.59. The maximum Gasteiger partial charge on any atom is 0.160 e. The molecule has 0 saturated heterocycles. The summed E-state index contributed by atoms with van der Waals surface area (Å²) in [4.78, 5) is 13.6. The smallest absolute Gasteiger partial charge is 0.160 e. The standard InChI is InChI=1S/C11H15NOS/c1-8-5-9(8)6-12(2)11-4-3-10(7-13)14-11/h3-4,7-9H,5-6H2,1-2H3. The molecule has 1 aliphatic rings. The van der Waals surface area contributed by atoms with E-state index in [4.69, 9.17) is 0 Å². The van der Waals surface area contributed by atoms with Crippen molar-refractivity contribution in [2.45, 2.75) is 13.3 Å². The van der Waals surface area contributed by atoms with Crippen molar-refractivity contribution in [2.24, 2.45) is 11.8 Å². The molecule has 1 aliphatic carbocycles. The largest absolute Gasteiger partial charge is 0.366 e. The van der Waals surface area contributed by atoms with Crippen LogP contribution in [0.1, 0.15) is 23.0 Å². The van der Waals surface area contributed by atoms with Gasteiger partial charge < -0.3 is 4.90 Å². The van der Waals surface area contributed by atoms with Crippen LogP contribution in [0.2, 0.25) is 0 Å². The molecule has 1 saturated carbocycles. The first-order chi connectivity index (χ1) is 6.70. The van der Waals surface area contributed by atoms with E-state index in [2.05, 4.69) is 18.9 Å². The molecule has 0 bridgehead atoms. The van der Waals surface area contributed by atoms with Gasteiger partial charge in [0.05, 0.1) is 9.88 Å². The van der Waals surface area contributed by atoms with E-state index in [0.717, 1.165) is 29.5 Å². The summed E-state index contributed by atoms with van der Waals surface area (Å²) in [5.74, 6) is 1.75. The highest BCUT2D eigenvalue weighted by Gasteiger charge is 2.33. The summed E-state index contributed by atoms with van der Waals surface area (Å²) in [6.45, 7) is 3.42. The summed E-state index contributed by atoms with van der Waals surface area (Å²) in [7, 11) is 2.10. The molecule has 2 unspecified atom stereocenters. The van der Waals surface area contributed by atoms with Gasteiger partial charge in [-0.15, -0.1) is 11.3 Å². The lowest BCUT2D eigenvalue weighted by Gasteiger charge is -2.16. The Morgan fingerprint density at radius 3 is 2.86 bits per heavy atom. The molecular formula is C11H15NOS. The van der Waals surface area contributed by atoms with Gasteiger partial charge in [0.2, 0.25) is 0 Å². The first-order valence-corrected chi connectivity index (χ1v) is 5.78. The highest BCUT2D eigenvalue weighted by Crippen LogP contribution is 2.39. The Morgan fingerprint density at radius 2 is 2.36 bits per heavy atom. The van der Waals surface area contributed by atoms with Crippen LogP contribution in [-0.4, -0.2) is 19.9 Å². The van der Waals surface area contributed by atoms with Gasteiger partial charge in [0.1, 0.15) is 0 Å². The highest BCUT2D eigenvalue weighted by atomic mass is 32.1. The molecule has 76 valence electrons. The number of thiophene rings is 1. The van der Waals surface area contributed by atoms with Crippen LogP contribution in [0.5, 0.6) is 0 Å². The molecular weight excluding hydrogens is 194 g/mol. The summed E-state index contributed by atoms with van der Waals surface area (Å²) in [6, 6.07) is 3.92. The number of aldehydes is 1. The number of nitrogens with zero attached hydrogens (tertiary/aromatic N) is 1. The average molecular weight is 209 g/mol. The van der Waals surface area contributed by atoms with E-state index in [-0.39, 0.29) is 0 Å². The van der Waals surface area contributed by atoms with Crippen LogP contribution in [0.4, 0.5) is 5.00 Å². The van der Waals surface area contributed by atoms with Gasteiger partial charge in [0, 0.05) is 13.6 Å². The molecule has 0 amide bonds. The maximum atomic E-state index is 10.5. The van der Waals surface area contributed by atoms with Gasteiger partial charge in [-0.05, 0) is 30.4 Å². The van der Waals surface area contributed by atoms with Crippen LogP contribution in [0.25, 0.3) is 0 Å². The fourth-order valence-corrected chi connectivity index (χ4v) is 2.50. The highest BCUT2D eigenvalue weighted by molar-refractivity contribution is 7.17. The maximum absolute atomic E-state index is 10.5. The van der Waals surface area contributed by atoms with E-state index in [1.165, 1.54) is 11.4 Å². The van der Waals surface area contributed by atoms with Crippen molar-refractivity contribution in [3.8, 4) is 0 Å². The van der Waals surface area contributed by atoms with E-state index >= 15 is 0 Å².